The van der Waals surface area contributed by atoms with Crippen molar-refractivity contribution in [1.82, 2.24) is 9.97 Å². The molecule has 4 nitrogen and oxygen atoms in total. The van der Waals surface area contributed by atoms with E-state index < -0.39 is 0 Å². The Bertz CT molecular complexity index is 2430. The zero-order valence-corrected chi connectivity index (χ0v) is 21.3. The van der Waals surface area contributed by atoms with Crippen LogP contribution in [0.4, 0.5) is 0 Å². The molecule has 0 N–H and O–H groups in total. The first-order chi connectivity index (χ1) is 19.8. The van der Waals surface area contributed by atoms with Gasteiger partial charge in [-0.15, -0.1) is 0 Å². The van der Waals surface area contributed by atoms with Crippen LogP contribution < -0.4 is 0 Å². The highest BCUT2D eigenvalue weighted by Gasteiger charge is 2.22. The van der Waals surface area contributed by atoms with Crippen molar-refractivity contribution in [2.24, 2.45) is 0 Å². The second-order valence-corrected chi connectivity index (χ2v) is 10.1. The fourth-order valence-corrected chi connectivity index (χ4v) is 6.09. The lowest BCUT2D eigenvalue weighted by Crippen LogP contribution is -1.95. The Kier molecular flexibility index (Phi) is 4.30. The molecule has 0 amide bonds. The summed E-state index contributed by atoms with van der Waals surface area (Å²) in [5.74, 6) is 0.639. The van der Waals surface area contributed by atoms with Gasteiger partial charge in [0.25, 0.3) is 0 Å². The van der Waals surface area contributed by atoms with Crippen LogP contribution in [0.1, 0.15) is 0 Å². The molecule has 0 saturated heterocycles. The average molecular weight is 513 g/mol. The number of aromatic nitrogens is 2. The first-order valence-electron chi connectivity index (χ1n) is 13.3. The number of para-hydroxylation sites is 2. The van der Waals surface area contributed by atoms with E-state index in [0.29, 0.717) is 11.4 Å². The average Bonchev–Trinajstić information content (AvgIpc) is 3.58. The first-order valence-corrected chi connectivity index (χ1v) is 13.3. The predicted octanol–water partition coefficient (Wildman–Crippen LogP) is 9.92. The maximum atomic E-state index is 6.46. The summed E-state index contributed by atoms with van der Waals surface area (Å²) in [4.78, 5) is 10.3. The molecule has 0 aliphatic heterocycles. The molecule has 4 heteroatoms. The summed E-state index contributed by atoms with van der Waals surface area (Å²) >= 11 is 0. The summed E-state index contributed by atoms with van der Waals surface area (Å²) < 4.78 is 12.8. The SMILES string of the molecule is c1ccc(-c2nc(-c3cc4oc5ccccc5c4c4c3ccc3ccccc34)nc3c2oc2ccccc23)cc1. The molecule has 186 valence electrons. The number of furan rings is 2. The Balaban J connectivity index is 1.47. The van der Waals surface area contributed by atoms with Crippen LogP contribution >= 0.6 is 0 Å². The lowest BCUT2D eigenvalue weighted by molar-refractivity contribution is 0.667. The lowest BCUT2D eigenvalue weighted by atomic mass is 9.94. The Morgan fingerprint density at radius 1 is 0.475 bits per heavy atom. The van der Waals surface area contributed by atoms with Crippen LogP contribution in [-0.2, 0) is 0 Å². The molecule has 3 heterocycles. The van der Waals surface area contributed by atoms with Gasteiger partial charge in [0.2, 0.25) is 0 Å². The largest absolute Gasteiger partial charge is 0.456 e. The third-order valence-corrected chi connectivity index (χ3v) is 7.88. The lowest BCUT2D eigenvalue weighted by Gasteiger charge is -2.12. The van der Waals surface area contributed by atoms with Gasteiger partial charge in [0.05, 0.1) is 0 Å². The molecule has 0 fully saturated rings. The number of hydrogen-bond donors (Lipinski definition) is 0. The molecule has 0 spiro atoms. The maximum absolute atomic E-state index is 6.46. The Labute approximate surface area is 228 Å². The smallest absolute Gasteiger partial charge is 0.180 e. The topological polar surface area (TPSA) is 52.1 Å². The minimum atomic E-state index is 0.639. The van der Waals surface area contributed by atoms with Crippen molar-refractivity contribution in [1.29, 1.82) is 0 Å². The van der Waals surface area contributed by atoms with Crippen molar-refractivity contribution >= 4 is 65.6 Å². The minimum absolute atomic E-state index is 0.639. The van der Waals surface area contributed by atoms with Gasteiger partial charge in [-0.3, -0.25) is 0 Å². The van der Waals surface area contributed by atoms with Crippen LogP contribution in [0, 0.1) is 0 Å². The van der Waals surface area contributed by atoms with Crippen LogP contribution in [0.3, 0.4) is 0 Å². The van der Waals surface area contributed by atoms with Gasteiger partial charge in [-0.05, 0) is 40.4 Å². The van der Waals surface area contributed by atoms with E-state index >= 15 is 0 Å². The van der Waals surface area contributed by atoms with E-state index in [1.807, 2.05) is 48.5 Å². The van der Waals surface area contributed by atoms with E-state index in [2.05, 4.69) is 72.8 Å². The summed E-state index contributed by atoms with van der Waals surface area (Å²) in [6.07, 6.45) is 0. The van der Waals surface area contributed by atoms with Gasteiger partial charge in [-0.25, -0.2) is 9.97 Å². The molecule has 0 radical (unpaired) electrons. The molecule has 9 aromatic rings. The molecular weight excluding hydrogens is 492 g/mol. The van der Waals surface area contributed by atoms with E-state index in [4.69, 9.17) is 18.8 Å². The highest BCUT2D eigenvalue weighted by molar-refractivity contribution is 6.29. The maximum Gasteiger partial charge on any atom is 0.180 e. The summed E-state index contributed by atoms with van der Waals surface area (Å²) in [5.41, 5.74) is 6.66. The zero-order valence-electron chi connectivity index (χ0n) is 21.3. The van der Waals surface area contributed by atoms with E-state index in [0.717, 1.165) is 66.0 Å². The van der Waals surface area contributed by atoms with Crippen LogP contribution in [0.25, 0.3) is 88.2 Å². The normalized spacial score (nSPS) is 12.0. The van der Waals surface area contributed by atoms with Gasteiger partial charge in [-0.2, -0.15) is 0 Å². The van der Waals surface area contributed by atoms with Crippen molar-refractivity contribution in [3.63, 3.8) is 0 Å². The van der Waals surface area contributed by atoms with Crippen LogP contribution in [0.5, 0.6) is 0 Å². The number of benzene rings is 6. The summed E-state index contributed by atoms with van der Waals surface area (Å²) in [6.45, 7) is 0. The minimum Gasteiger partial charge on any atom is -0.456 e. The van der Waals surface area contributed by atoms with E-state index in [-0.39, 0.29) is 0 Å². The van der Waals surface area contributed by atoms with Gasteiger partial charge >= 0.3 is 0 Å². The molecule has 9 rings (SSSR count). The number of fused-ring (bicyclic) bond motifs is 10. The Morgan fingerprint density at radius 3 is 2.02 bits per heavy atom. The van der Waals surface area contributed by atoms with Crippen molar-refractivity contribution in [3.05, 3.63) is 121 Å². The van der Waals surface area contributed by atoms with E-state index in [1.165, 1.54) is 10.8 Å². The number of hydrogen-bond acceptors (Lipinski definition) is 4. The first kappa shape index (κ1) is 21.5. The summed E-state index contributed by atoms with van der Waals surface area (Å²) in [5, 5.41) is 7.79. The van der Waals surface area contributed by atoms with Gasteiger partial charge in [0.15, 0.2) is 11.4 Å². The monoisotopic (exact) mass is 512 g/mol. The molecule has 0 unspecified atom stereocenters. The second kappa shape index (κ2) is 8.01. The van der Waals surface area contributed by atoms with Crippen molar-refractivity contribution in [2.45, 2.75) is 0 Å². The van der Waals surface area contributed by atoms with Crippen LogP contribution in [0.15, 0.2) is 130 Å². The van der Waals surface area contributed by atoms with Crippen molar-refractivity contribution in [3.8, 4) is 22.6 Å². The molecule has 6 aromatic carbocycles. The number of nitrogens with zero attached hydrogens (tertiary/aromatic N) is 2. The van der Waals surface area contributed by atoms with Gasteiger partial charge < -0.3 is 8.83 Å². The molecular formula is C36H20N2O2. The molecule has 3 aromatic heterocycles. The van der Waals surface area contributed by atoms with Gasteiger partial charge in [0.1, 0.15) is 28.0 Å². The fourth-order valence-electron chi connectivity index (χ4n) is 6.09. The van der Waals surface area contributed by atoms with Crippen LogP contribution in [0.2, 0.25) is 0 Å². The molecule has 0 aliphatic rings. The predicted molar refractivity (Wildman–Crippen MR) is 162 cm³/mol. The Morgan fingerprint density at radius 2 is 1.18 bits per heavy atom. The Hall–Kier alpha value is -5.48. The van der Waals surface area contributed by atoms with Gasteiger partial charge in [0, 0.05) is 32.7 Å². The standard InChI is InChI=1S/C36H20N2O2/c1-2-11-22(12-3-1)33-35-34(26-15-7-9-17-29(26)40-35)38-36(37-33)27-20-30-32(25-14-6-8-16-28(25)39-30)31-23-13-5-4-10-21(23)18-19-24(27)31/h1-20H. The second-order valence-electron chi connectivity index (χ2n) is 10.1. The van der Waals surface area contributed by atoms with E-state index in [1.54, 1.807) is 0 Å². The molecule has 0 atom stereocenters. The highest BCUT2D eigenvalue weighted by atomic mass is 16.3. The van der Waals surface area contributed by atoms with Crippen LogP contribution in [-0.4, -0.2) is 9.97 Å². The third kappa shape index (κ3) is 2.96. The molecule has 0 saturated carbocycles. The molecule has 40 heavy (non-hydrogen) atoms. The quantitative estimate of drug-likeness (QED) is 0.216. The number of rotatable bonds is 2. The summed E-state index contributed by atoms with van der Waals surface area (Å²) in [7, 11) is 0. The van der Waals surface area contributed by atoms with Crippen molar-refractivity contribution < 1.29 is 8.83 Å². The van der Waals surface area contributed by atoms with Crippen molar-refractivity contribution in [2.75, 3.05) is 0 Å². The highest BCUT2D eigenvalue weighted by Crippen LogP contribution is 2.43. The third-order valence-electron chi connectivity index (χ3n) is 7.88. The molecule has 0 bridgehead atoms. The zero-order chi connectivity index (χ0) is 26.2. The molecule has 0 aliphatic carbocycles. The van der Waals surface area contributed by atoms with Gasteiger partial charge in [-0.1, -0.05) is 97.1 Å². The summed E-state index contributed by atoms with van der Waals surface area (Å²) in [6, 6.07) is 41.4. The van der Waals surface area contributed by atoms with E-state index in [9.17, 15) is 0 Å². The fraction of sp³-hybridized carbons (Fsp3) is 0.